The molecule has 0 unspecified atom stereocenters. The van der Waals surface area contributed by atoms with Crippen LogP contribution in [-0.2, 0) is 0 Å². The molecule has 0 radical (unpaired) electrons. The first-order valence-corrected chi connectivity index (χ1v) is 7.99. The Balaban J connectivity index is 3.23. The second kappa shape index (κ2) is 17.0. The maximum Gasteiger partial charge on any atom is -0.0166 e. The normalized spacial score (nSPS) is 12.1. The quantitative estimate of drug-likeness (QED) is 0.195. The van der Waals surface area contributed by atoms with Crippen LogP contribution in [-0.4, -0.2) is 0 Å². The van der Waals surface area contributed by atoms with E-state index in [1.54, 1.807) is 0 Å². The van der Waals surface area contributed by atoms with Crippen LogP contribution < -0.4 is 0 Å². The summed E-state index contributed by atoms with van der Waals surface area (Å²) < 4.78 is 0. The fraction of sp³-hybridized carbons (Fsp3) is 0.579. The summed E-state index contributed by atoms with van der Waals surface area (Å²) in [5.74, 6) is 0. The van der Waals surface area contributed by atoms with Crippen molar-refractivity contribution in [2.75, 3.05) is 0 Å². The molecule has 0 saturated carbocycles. The monoisotopic (exact) mass is 260 g/mol. The Morgan fingerprint density at radius 2 is 1.32 bits per heavy atom. The molecule has 108 valence electrons. The fourth-order valence-electron chi connectivity index (χ4n) is 1.92. The van der Waals surface area contributed by atoms with Gasteiger partial charge in [-0.15, -0.1) is 6.58 Å². The van der Waals surface area contributed by atoms with Crippen molar-refractivity contribution in [1.29, 1.82) is 0 Å². The zero-order valence-corrected chi connectivity index (χ0v) is 12.8. The predicted molar refractivity (Wildman–Crippen MR) is 89.5 cm³/mol. The SMILES string of the molecule is C=CC/C=C\C=C/C/C=C\CCCCCCCCC. The molecule has 0 nitrogen and oxygen atoms in total. The van der Waals surface area contributed by atoms with Crippen molar-refractivity contribution in [2.24, 2.45) is 0 Å². The van der Waals surface area contributed by atoms with Crippen LogP contribution in [0.15, 0.2) is 49.1 Å². The first-order chi connectivity index (χ1) is 9.41. The zero-order chi connectivity index (χ0) is 14.0. The minimum absolute atomic E-state index is 0.957. The lowest BCUT2D eigenvalue weighted by Gasteiger charge is -1.98. The highest BCUT2D eigenvalue weighted by atomic mass is 13.9. The van der Waals surface area contributed by atoms with E-state index in [4.69, 9.17) is 0 Å². The molecule has 0 bridgehead atoms. The van der Waals surface area contributed by atoms with Gasteiger partial charge in [0.2, 0.25) is 0 Å². The summed E-state index contributed by atoms with van der Waals surface area (Å²) in [6, 6.07) is 0. The number of unbranched alkanes of at least 4 members (excludes halogenated alkanes) is 7. The molecule has 0 aliphatic heterocycles. The average Bonchev–Trinajstić information content (AvgIpc) is 2.43. The summed E-state index contributed by atoms with van der Waals surface area (Å²) >= 11 is 0. The third kappa shape index (κ3) is 17.0. The molecule has 0 heterocycles. The molecule has 0 aliphatic carbocycles. The Kier molecular flexibility index (Phi) is 16.0. The highest BCUT2D eigenvalue weighted by Gasteiger charge is 1.88. The molecule has 0 heteroatoms. The first kappa shape index (κ1) is 18.0. The van der Waals surface area contributed by atoms with Crippen LogP contribution in [0.3, 0.4) is 0 Å². The lowest BCUT2D eigenvalue weighted by Crippen LogP contribution is -1.78. The standard InChI is InChI=1S/C19H32/c1-3-5-7-9-11-13-15-17-19-18-16-14-12-10-8-6-4-2/h3,7,9,11,13,17,19H,1,4-6,8,10,12,14-16,18H2,2H3/b9-7-,13-11-,19-17-. The molecule has 0 aromatic heterocycles. The third-order valence-corrected chi connectivity index (χ3v) is 3.10. The van der Waals surface area contributed by atoms with Crippen molar-refractivity contribution in [3.8, 4) is 0 Å². The topological polar surface area (TPSA) is 0 Å². The highest BCUT2D eigenvalue weighted by molar-refractivity contribution is 5.06. The Morgan fingerprint density at radius 3 is 2.00 bits per heavy atom. The summed E-state index contributed by atoms with van der Waals surface area (Å²) in [6.45, 7) is 5.95. The van der Waals surface area contributed by atoms with Crippen LogP contribution >= 0.6 is 0 Å². The minimum Gasteiger partial charge on any atom is -0.103 e. The molecule has 0 atom stereocenters. The van der Waals surface area contributed by atoms with E-state index in [0.29, 0.717) is 0 Å². The Labute approximate surface area is 121 Å². The van der Waals surface area contributed by atoms with Crippen LogP contribution in [0.2, 0.25) is 0 Å². The first-order valence-electron chi connectivity index (χ1n) is 7.99. The molecule has 0 amide bonds. The third-order valence-electron chi connectivity index (χ3n) is 3.10. The minimum atomic E-state index is 0.957. The second-order valence-corrected chi connectivity index (χ2v) is 5.00. The van der Waals surface area contributed by atoms with Gasteiger partial charge in [0.05, 0.1) is 0 Å². The van der Waals surface area contributed by atoms with Gasteiger partial charge in [-0.1, -0.05) is 88.0 Å². The van der Waals surface area contributed by atoms with Gasteiger partial charge in [0.15, 0.2) is 0 Å². The van der Waals surface area contributed by atoms with Crippen LogP contribution in [0.5, 0.6) is 0 Å². The lowest BCUT2D eigenvalue weighted by atomic mass is 10.1. The van der Waals surface area contributed by atoms with Crippen molar-refractivity contribution in [1.82, 2.24) is 0 Å². The van der Waals surface area contributed by atoms with Crippen molar-refractivity contribution in [3.63, 3.8) is 0 Å². The Bertz CT molecular complexity index is 255. The number of hydrogen-bond acceptors (Lipinski definition) is 0. The van der Waals surface area contributed by atoms with E-state index in [-0.39, 0.29) is 0 Å². The highest BCUT2D eigenvalue weighted by Crippen LogP contribution is 2.08. The molecule has 0 saturated heterocycles. The average molecular weight is 260 g/mol. The maximum atomic E-state index is 3.68. The van der Waals surface area contributed by atoms with Crippen LogP contribution in [0.4, 0.5) is 0 Å². The molecule has 0 spiro atoms. The number of hydrogen-bond donors (Lipinski definition) is 0. The molecule has 0 aliphatic rings. The molecular weight excluding hydrogens is 228 g/mol. The Morgan fingerprint density at radius 1 is 0.684 bits per heavy atom. The van der Waals surface area contributed by atoms with E-state index in [0.717, 1.165) is 12.8 Å². The number of allylic oxidation sites excluding steroid dienone is 7. The van der Waals surface area contributed by atoms with E-state index < -0.39 is 0 Å². The van der Waals surface area contributed by atoms with Gasteiger partial charge in [-0.25, -0.2) is 0 Å². The molecule has 0 aromatic rings. The summed E-state index contributed by atoms with van der Waals surface area (Å²) in [5.41, 5.74) is 0. The van der Waals surface area contributed by atoms with E-state index in [2.05, 4.69) is 50.0 Å². The maximum absolute atomic E-state index is 3.68. The second-order valence-electron chi connectivity index (χ2n) is 5.00. The predicted octanol–water partition coefficient (Wildman–Crippen LogP) is 6.76. The largest absolute Gasteiger partial charge is 0.103 e. The van der Waals surface area contributed by atoms with Crippen molar-refractivity contribution in [3.05, 3.63) is 49.1 Å². The van der Waals surface area contributed by atoms with Crippen LogP contribution in [0, 0.1) is 0 Å². The molecule has 0 aromatic carbocycles. The van der Waals surface area contributed by atoms with Gasteiger partial charge < -0.3 is 0 Å². The molecule has 19 heavy (non-hydrogen) atoms. The van der Waals surface area contributed by atoms with Crippen molar-refractivity contribution >= 4 is 0 Å². The fourth-order valence-corrected chi connectivity index (χ4v) is 1.92. The van der Waals surface area contributed by atoms with Gasteiger partial charge in [0.1, 0.15) is 0 Å². The van der Waals surface area contributed by atoms with Gasteiger partial charge in [0, 0.05) is 0 Å². The Hall–Kier alpha value is -1.04. The molecular formula is C19H32. The van der Waals surface area contributed by atoms with Gasteiger partial charge in [-0.3, -0.25) is 0 Å². The molecule has 0 N–H and O–H groups in total. The van der Waals surface area contributed by atoms with Crippen LogP contribution in [0.1, 0.15) is 71.1 Å². The van der Waals surface area contributed by atoms with Gasteiger partial charge in [0.25, 0.3) is 0 Å². The number of rotatable bonds is 13. The van der Waals surface area contributed by atoms with Gasteiger partial charge >= 0.3 is 0 Å². The smallest absolute Gasteiger partial charge is 0.0166 e. The van der Waals surface area contributed by atoms with E-state index in [1.165, 1.54) is 51.4 Å². The van der Waals surface area contributed by atoms with Gasteiger partial charge in [-0.2, -0.15) is 0 Å². The molecule has 0 rings (SSSR count). The van der Waals surface area contributed by atoms with E-state index >= 15 is 0 Å². The summed E-state index contributed by atoms with van der Waals surface area (Å²) in [6.07, 6.45) is 28.1. The zero-order valence-electron chi connectivity index (χ0n) is 12.8. The lowest BCUT2D eigenvalue weighted by molar-refractivity contribution is 0.592. The molecule has 0 fully saturated rings. The summed E-state index contributed by atoms with van der Waals surface area (Å²) in [5, 5.41) is 0. The van der Waals surface area contributed by atoms with Crippen LogP contribution in [0.25, 0.3) is 0 Å². The summed E-state index contributed by atoms with van der Waals surface area (Å²) in [7, 11) is 0. The van der Waals surface area contributed by atoms with E-state index in [9.17, 15) is 0 Å². The summed E-state index contributed by atoms with van der Waals surface area (Å²) in [4.78, 5) is 0. The van der Waals surface area contributed by atoms with Crippen molar-refractivity contribution < 1.29 is 0 Å². The van der Waals surface area contributed by atoms with E-state index in [1.807, 2.05) is 6.08 Å². The van der Waals surface area contributed by atoms with Gasteiger partial charge in [-0.05, 0) is 25.7 Å². The van der Waals surface area contributed by atoms with Crippen molar-refractivity contribution in [2.45, 2.75) is 71.1 Å².